The molecule has 1 aliphatic rings. The highest BCUT2D eigenvalue weighted by atomic mass is 32.2. The maximum atomic E-state index is 12.3. The van der Waals surface area contributed by atoms with E-state index in [4.69, 9.17) is 0 Å². The molecule has 0 aromatic heterocycles. The number of nitrogens with one attached hydrogen (secondary N) is 1. The second-order valence-electron chi connectivity index (χ2n) is 6.00. The molecule has 0 bridgehead atoms. The number of amides is 2. The summed E-state index contributed by atoms with van der Waals surface area (Å²) >= 11 is 0. The van der Waals surface area contributed by atoms with E-state index in [1.54, 1.807) is 6.92 Å². The number of sulfone groups is 1. The van der Waals surface area contributed by atoms with Crippen LogP contribution in [0.3, 0.4) is 0 Å². The van der Waals surface area contributed by atoms with E-state index in [2.05, 4.69) is 5.32 Å². The first-order chi connectivity index (χ1) is 11.4. The molecule has 1 fully saturated rings. The van der Waals surface area contributed by atoms with Crippen molar-refractivity contribution in [3.05, 3.63) is 35.9 Å². The summed E-state index contributed by atoms with van der Waals surface area (Å²) in [4.78, 5) is 25.7. The van der Waals surface area contributed by atoms with E-state index in [1.165, 1.54) is 4.90 Å². The summed E-state index contributed by atoms with van der Waals surface area (Å²) in [6, 6.07) is 9.48. The van der Waals surface area contributed by atoms with Crippen molar-refractivity contribution in [2.75, 3.05) is 24.6 Å². The molecule has 7 heteroatoms. The maximum Gasteiger partial charge on any atom is 0.232 e. The average Bonchev–Trinajstić information content (AvgIpc) is 2.89. The first-order valence-electron chi connectivity index (χ1n) is 8.22. The fraction of sp³-hybridized carbons (Fsp3) is 0.529. The normalized spacial score (nSPS) is 19.0. The Morgan fingerprint density at radius 2 is 1.96 bits per heavy atom. The molecule has 1 atom stereocenters. The van der Waals surface area contributed by atoms with Crippen molar-refractivity contribution in [3.63, 3.8) is 0 Å². The summed E-state index contributed by atoms with van der Waals surface area (Å²) < 4.78 is 23.1. The van der Waals surface area contributed by atoms with Gasteiger partial charge in [-0.2, -0.15) is 0 Å². The van der Waals surface area contributed by atoms with Gasteiger partial charge in [-0.15, -0.1) is 0 Å². The average molecular weight is 352 g/mol. The topological polar surface area (TPSA) is 83.6 Å². The van der Waals surface area contributed by atoms with Crippen LogP contribution in [-0.4, -0.2) is 55.8 Å². The summed E-state index contributed by atoms with van der Waals surface area (Å²) in [6.45, 7) is 2.69. The quantitative estimate of drug-likeness (QED) is 0.735. The Morgan fingerprint density at radius 1 is 1.25 bits per heavy atom. The first kappa shape index (κ1) is 18.4. The summed E-state index contributed by atoms with van der Waals surface area (Å²) in [5, 5.41) is 2.74. The number of hydrogen-bond donors (Lipinski definition) is 1. The van der Waals surface area contributed by atoms with Gasteiger partial charge < -0.3 is 10.2 Å². The molecule has 1 aromatic carbocycles. The van der Waals surface area contributed by atoms with Crippen molar-refractivity contribution >= 4 is 21.7 Å². The molecule has 1 aliphatic heterocycles. The molecule has 132 valence electrons. The number of carbonyl (C=O) groups is 2. The lowest BCUT2D eigenvalue weighted by molar-refractivity contribution is -0.137. The zero-order chi connectivity index (χ0) is 17.6. The molecule has 0 saturated carbocycles. The molecule has 1 N–H and O–H groups in total. The molecule has 0 aliphatic carbocycles. The molecule has 0 radical (unpaired) electrons. The first-order valence-corrected chi connectivity index (χ1v) is 10.0. The molecular formula is C17H24N2O4S. The largest absolute Gasteiger partial charge is 0.355 e. The van der Waals surface area contributed by atoms with Gasteiger partial charge in [0.05, 0.1) is 11.5 Å². The minimum Gasteiger partial charge on any atom is -0.355 e. The van der Waals surface area contributed by atoms with Crippen molar-refractivity contribution in [2.45, 2.75) is 32.2 Å². The van der Waals surface area contributed by atoms with Crippen LogP contribution in [0.1, 0.15) is 25.3 Å². The van der Waals surface area contributed by atoms with E-state index < -0.39 is 9.84 Å². The van der Waals surface area contributed by atoms with Crippen LogP contribution in [0.5, 0.6) is 0 Å². The smallest absolute Gasteiger partial charge is 0.232 e. The Labute approximate surface area is 143 Å². The lowest BCUT2D eigenvalue weighted by atomic mass is 10.1. The van der Waals surface area contributed by atoms with Crippen molar-refractivity contribution in [1.29, 1.82) is 0 Å². The van der Waals surface area contributed by atoms with Gasteiger partial charge in [0.15, 0.2) is 9.84 Å². The van der Waals surface area contributed by atoms with Crippen LogP contribution in [0.4, 0.5) is 0 Å². The highest BCUT2D eigenvalue weighted by Gasteiger charge is 2.34. The zero-order valence-electron chi connectivity index (χ0n) is 13.9. The van der Waals surface area contributed by atoms with Gasteiger partial charge in [0.25, 0.3) is 0 Å². The zero-order valence-corrected chi connectivity index (χ0v) is 14.7. The van der Waals surface area contributed by atoms with Crippen LogP contribution in [0.25, 0.3) is 0 Å². The molecule has 2 rings (SSSR count). The highest BCUT2D eigenvalue weighted by Crippen LogP contribution is 2.18. The number of hydrogen-bond acceptors (Lipinski definition) is 4. The molecule has 1 aromatic rings. The lowest BCUT2D eigenvalue weighted by Gasteiger charge is -2.26. The molecule has 0 spiro atoms. The Kier molecular flexibility index (Phi) is 6.36. The van der Waals surface area contributed by atoms with Crippen molar-refractivity contribution in [2.24, 2.45) is 0 Å². The maximum absolute atomic E-state index is 12.3. The second-order valence-corrected chi connectivity index (χ2v) is 8.23. The van der Waals surface area contributed by atoms with Gasteiger partial charge in [-0.3, -0.25) is 9.59 Å². The van der Waals surface area contributed by atoms with Crippen molar-refractivity contribution in [1.82, 2.24) is 10.2 Å². The van der Waals surface area contributed by atoms with Crippen LogP contribution >= 0.6 is 0 Å². The lowest BCUT2D eigenvalue weighted by Crippen LogP contribution is -2.43. The third-order valence-electron chi connectivity index (χ3n) is 4.20. The summed E-state index contributed by atoms with van der Waals surface area (Å²) in [5.41, 5.74) is 1.12. The molecule has 1 heterocycles. The Bertz CT molecular complexity index is 673. The Morgan fingerprint density at radius 3 is 2.54 bits per heavy atom. The van der Waals surface area contributed by atoms with Crippen LogP contribution in [0.2, 0.25) is 0 Å². The van der Waals surface area contributed by atoms with E-state index in [9.17, 15) is 18.0 Å². The molecular weight excluding hydrogens is 328 g/mol. The number of benzene rings is 1. The SMILES string of the molecule is CCN(C(=O)CC(=O)NCCc1ccccc1)C1CCS(=O)(=O)C1. The summed E-state index contributed by atoms with van der Waals surface area (Å²) in [5.74, 6) is -0.514. The van der Waals surface area contributed by atoms with Crippen LogP contribution < -0.4 is 5.32 Å². The van der Waals surface area contributed by atoms with Crippen LogP contribution in [-0.2, 0) is 25.8 Å². The number of rotatable bonds is 7. The van der Waals surface area contributed by atoms with Gasteiger partial charge in [-0.1, -0.05) is 30.3 Å². The Hall–Kier alpha value is -1.89. The van der Waals surface area contributed by atoms with Crippen LogP contribution in [0.15, 0.2) is 30.3 Å². The standard InChI is InChI=1S/C17H24N2O4S/c1-2-19(15-9-11-24(22,23)13-15)17(21)12-16(20)18-10-8-14-6-4-3-5-7-14/h3-7,15H,2,8-13H2,1H3,(H,18,20). The monoisotopic (exact) mass is 352 g/mol. The van der Waals surface area contributed by atoms with E-state index >= 15 is 0 Å². The third kappa shape index (κ3) is 5.33. The van der Waals surface area contributed by atoms with Gasteiger partial charge in [0.1, 0.15) is 6.42 Å². The predicted molar refractivity (Wildman–Crippen MR) is 92.2 cm³/mol. The summed E-state index contributed by atoms with van der Waals surface area (Å²) in [6.07, 6.45) is 0.926. The van der Waals surface area contributed by atoms with Gasteiger partial charge in [-0.05, 0) is 25.3 Å². The van der Waals surface area contributed by atoms with Gasteiger partial charge in [-0.25, -0.2) is 8.42 Å². The predicted octanol–water partition coefficient (Wildman–Crippen LogP) is 0.771. The van der Waals surface area contributed by atoms with E-state index in [1.807, 2.05) is 30.3 Å². The Balaban J connectivity index is 1.78. The molecule has 2 amide bonds. The van der Waals surface area contributed by atoms with Gasteiger partial charge >= 0.3 is 0 Å². The van der Waals surface area contributed by atoms with E-state index in [0.717, 1.165) is 5.56 Å². The minimum absolute atomic E-state index is 0.00219. The van der Waals surface area contributed by atoms with Crippen molar-refractivity contribution in [3.8, 4) is 0 Å². The molecule has 1 unspecified atom stereocenters. The van der Waals surface area contributed by atoms with Crippen molar-refractivity contribution < 1.29 is 18.0 Å². The van der Waals surface area contributed by atoms with Gasteiger partial charge in [0, 0.05) is 19.1 Å². The number of carbonyl (C=O) groups excluding carboxylic acids is 2. The van der Waals surface area contributed by atoms with Crippen LogP contribution in [0, 0.1) is 0 Å². The summed E-state index contributed by atoms with van der Waals surface area (Å²) in [7, 11) is -3.05. The van der Waals surface area contributed by atoms with Gasteiger partial charge in [0.2, 0.25) is 11.8 Å². The fourth-order valence-electron chi connectivity index (χ4n) is 2.95. The minimum atomic E-state index is -3.05. The van der Waals surface area contributed by atoms with E-state index in [-0.39, 0.29) is 35.8 Å². The molecule has 1 saturated heterocycles. The molecule has 24 heavy (non-hydrogen) atoms. The molecule has 6 nitrogen and oxygen atoms in total. The van der Waals surface area contributed by atoms with E-state index in [0.29, 0.717) is 25.9 Å². The fourth-order valence-corrected chi connectivity index (χ4v) is 4.68. The number of nitrogens with zero attached hydrogens (tertiary/aromatic N) is 1. The second kappa shape index (κ2) is 8.28. The highest BCUT2D eigenvalue weighted by molar-refractivity contribution is 7.91. The third-order valence-corrected chi connectivity index (χ3v) is 5.95.